The van der Waals surface area contributed by atoms with Crippen LogP contribution >= 0.6 is 0 Å². The van der Waals surface area contributed by atoms with Crippen LogP contribution < -0.4 is 9.47 Å². The summed E-state index contributed by atoms with van der Waals surface area (Å²) < 4.78 is 48.6. The Hall–Kier alpha value is -2.63. The summed E-state index contributed by atoms with van der Waals surface area (Å²) in [6.45, 7) is 0. The second-order valence-corrected chi connectivity index (χ2v) is 5.44. The number of methoxy groups -OCH3 is 2. The smallest absolute Gasteiger partial charge is 0.393 e. The molecule has 6 heteroatoms. The Morgan fingerprint density at radius 3 is 2.25 bits per heavy atom. The molecule has 3 rings (SSSR count). The van der Waals surface area contributed by atoms with E-state index in [4.69, 9.17) is 9.47 Å². The molecule has 24 heavy (non-hydrogen) atoms. The Bertz CT molecular complexity index is 868. The van der Waals surface area contributed by atoms with Gasteiger partial charge >= 0.3 is 6.18 Å². The lowest BCUT2D eigenvalue weighted by Gasteiger charge is -2.10. The van der Waals surface area contributed by atoms with E-state index in [0.29, 0.717) is 22.4 Å². The van der Waals surface area contributed by atoms with Crippen molar-refractivity contribution in [2.45, 2.75) is 12.6 Å². The lowest BCUT2D eigenvalue weighted by atomic mass is 10.0. The van der Waals surface area contributed by atoms with E-state index in [1.54, 1.807) is 38.5 Å². The molecule has 0 atom stereocenters. The third kappa shape index (κ3) is 3.18. The molecule has 0 unspecified atom stereocenters. The van der Waals surface area contributed by atoms with Gasteiger partial charge in [-0.15, -0.1) is 0 Å². The Morgan fingerprint density at radius 2 is 1.58 bits per heavy atom. The van der Waals surface area contributed by atoms with Crippen molar-refractivity contribution < 1.29 is 22.6 Å². The van der Waals surface area contributed by atoms with E-state index in [-0.39, 0.29) is 5.56 Å². The molecule has 1 aromatic heterocycles. The maximum Gasteiger partial charge on any atom is 0.393 e. The minimum absolute atomic E-state index is 0.236. The fourth-order valence-corrected chi connectivity index (χ4v) is 2.74. The SMILES string of the molecule is COc1ccc(-c2ccc3[nH]cc(CC(F)(F)F)c3c2)cc1OC. The van der Waals surface area contributed by atoms with Gasteiger partial charge < -0.3 is 14.5 Å². The normalized spacial score (nSPS) is 11.7. The molecule has 1 heterocycles. The summed E-state index contributed by atoms with van der Waals surface area (Å²) in [7, 11) is 3.09. The van der Waals surface area contributed by atoms with Crippen LogP contribution in [0.2, 0.25) is 0 Å². The van der Waals surface area contributed by atoms with Crippen molar-refractivity contribution in [2.24, 2.45) is 0 Å². The third-order valence-corrected chi connectivity index (χ3v) is 3.88. The first-order valence-corrected chi connectivity index (χ1v) is 7.30. The van der Waals surface area contributed by atoms with Gasteiger partial charge in [0.25, 0.3) is 0 Å². The molecule has 3 nitrogen and oxygen atoms in total. The zero-order chi connectivity index (χ0) is 17.3. The Labute approximate surface area is 137 Å². The molecule has 0 bridgehead atoms. The minimum Gasteiger partial charge on any atom is -0.493 e. The number of aromatic nitrogens is 1. The first-order valence-electron chi connectivity index (χ1n) is 7.30. The van der Waals surface area contributed by atoms with Crippen molar-refractivity contribution in [1.82, 2.24) is 4.98 Å². The molecule has 0 saturated carbocycles. The number of nitrogens with one attached hydrogen (secondary N) is 1. The van der Waals surface area contributed by atoms with Crippen molar-refractivity contribution in [3.8, 4) is 22.6 Å². The summed E-state index contributed by atoms with van der Waals surface area (Å²) in [5.74, 6) is 1.17. The van der Waals surface area contributed by atoms with E-state index in [0.717, 1.165) is 11.1 Å². The van der Waals surface area contributed by atoms with Gasteiger partial charge in [-0.3, -0.25) is 0 Å². The lowest BCUT2D eigenvalue weighted by Crippen LogP contribution is -2.10. The first-order chi connectivity index (χ1) is 11.4. The summed E-state index contributed by atoms with van der Waals surface area (Å²) in [6.07, 6.45) is -3.78. The van der Waals surface area contributed by atoms with Crippen LogP contribution in [0, 0.1) is 0 Å². The highest BCUT2D eigenvalue weighted by Gasteiger charge is 2.29. The fraction of sp³-hybridized carbons (Fsp3) is 0.222. The highest BCUT2D eigenvalue weighted by atomic mass is 19.4. The molecule has 0 radical (unpaired) electrons. The molecule has 0 aliphatic heterocycles. The lowest BCUT2D eigenvalue weighted by molar-refractivity contribution is -0.127. The molecule has 0 spiro atoms. The summed E-state index contributed by atoms with van der Waals surface area (Å²) in [5.41, 5.74) is 2.57. The van der Waals surface area contributed by atoms with Gasteiger partial charge in [-0.25, -0.2) is 0 Å². The fourth-order valence-electron chi connectivity index (χ4n) is 2.74. The van der Waals surface area contributed by atoms with E-state index in [1.165, 1.54) is 6.20 Å². The van der Waals surface area contributed by atoms with Gasteiger partial charge in [0.15, 0.2) is 11.5 Å². The van der Waals surface area contributed by atoms with Gasteiger partial charge in [0.1, 0.15) is 0 Å². The van der Waals surface area contributed by atoms with Crippen LogP contribution in [-0.4, -0.2) is 25.4 Å². The van der Waals surface area contributed by atoms with Gasteiger partial charge in [-0.1, -0.05) is 12.1 Å². The Morgan fingerprint density at radius 1 is 0.917 bits per heavy atom. The molecule has 2 aromatic carbocycles. The highest BCUT2D eigenvalue weighted by molar-refractivity contribution is 5.88. The number of ether oxygens (including phenoxy) is 2. The van der Waals surface area contributed by atoms with Crippen molar-refractivity contribution in [3.05, 3.63) is 48.2 Å². The number of fused-ring (bicyclic) bond motifs is 1. The number of halogens is 3. The molecule has 1 N–H and O–H groups in total. The second kappa shape index (κ2) is 6.11. The van der Waals surface area contributed by atoms with Gasteiger partial charge in [0.05, 0.1) is 20.6 Å². The van der Waals surface area contributed by atoms with Gasteiger partial charge in [0, 0.05) is 17.1 Å². The van der Waals surface area contributed by atoms with Crippen LogP contribution in [0.5, 0.6) is 11.5 Å². The topological polar surface area (TPSA) is 34.2 Å². The van der Waals surface area contributed by atoms with Crippen molar-refractivity contribution in [2.75, 3.05) is 14.2 Å². The quantitative estimate of drug-likeness (QED) is 0.731. The monoisotopic (exact) mass is 335 g/mol. The van der Waals surface area contributed by atoms with Crippen LogP contribution in [0.25, 0.3) is 22.0 Å². The zero-order valence-corrected chi connectivity index (χ0v) is 13.2. The molecule has 0 aliphatic rings. The Kier molecular flexibility index (Phi) is 4.13. The number of aromatic amines is 1. The van der Waals surface area contributed by atoms with Crippen molar-refractivity contribution >= 4 is 10.9 Å². The number of benzene rings is 2. The standard InChI is InChI=1S/C18H16F3NO2/c1-23-16-6-4-12(8-17(16)24-2)11-3-5-15-14(7-11)13(10-22-15)9-18(19,20)21/h3-8,10,22H,9H2,1-2H3. The molecule has 0 fully saturated rings. The third-order valence-electron chi connectivity index (χ3n) is 3.88. The van der Waals surface area contributed by atoms with Gasteiger partial charge in [0.2, 0.25) is 0 Å². The summed E-state index contributed by atoms with van der Waals surface area (Å²) >= 11 is 0. The highest BCUT2D eigenvalue weighted by Crippen LogP contribution is 2.34. The predicted octanol–water partition coefficient (Wildman–Crippen LogP) is 4.96. The molecule has 0 saturated heterocycles. The molecular formula is C18H16F3NO2. The van der Waals surface area contributed by atoms with Crippen LogP contribution in [0.15, 0.2) is 42.6 Å². The van der Waals surface area contributed by atoms with E-state index >= 15 is 0 Å². The van der Waals surface area contributed by atoms with Gasteiger partial charge in [-0.2, -0.15) is 13.2 Å². The molecule has 126 valence electrons. The van der Waals surface area contributed by atoms with Crippen LogP contribution in [0.4, 0.5) is 13.2 Å². The van der Waals surface area contributed by atoms with Gasteiger partial charge in [-0.05, 0) is 41.0 Å². The minimum atomic E-state index is -4.24. The number of hydrogen-bond donors (Lipinski definition) is 1. The average Bonchev–Trinajstić information content (AvgIpc) is 2.94. The van der Waals surface area contributed by atoms with Crippen molar-refractivity contribution in [1.29, 1.82) is 0 Å². The van der Waals surface area contributed by atoms with E-state index in [1.807, 2.05) is 12.1 Å². The zero-order valence-electron chi connectivity index (χ0n) is 13.2. The number of rotatable bonds is 4. The predicted molar refractivity (Wildman–Crippen MR) is 86.6 cm³/mol. The number of hydrogen-bond acceptors (Lipinski definition) is 2. The summed E-state index contributed by atoms with van der Waals surface area (Å²) in [4.78, 5) is 2.89. The van der Waals surface area contributed by atoms with E-state index in [2.05, 4.69) is 4.98 Å². The number of H-pyrrole nitrogens is 1. The second-order valence-electron chi connectivity index (χ2n) is 5.44. The Balaban J connectivity index is 2.06. The molecular weight excluding hydrogens is 319 g/mol. The van der Waals surface area contributed by atoms with Crippen LogP contribution in [0.3, 0.4) is 0 Å². The largest absolute Gasteiger partial charge is 0.493 e. The molecule has 3 aromatic rings. The van der Waals surface area contributed by atoms with E-state index < -0.39 is 12.6 Å². The first kappa shape index (κ1) is 16.2. The molecule has 0 aliphatic carbocycles. The maximum atomic E-state index is 12.7. The van der Waals surface area contributed by atoms with Crippen molar-refractivity contribution in [3.63, 3.8) is 0 Å². The average molecular weight is 335 g/mol. The maximum absolute atomic E-state index is 12.7. The molecule has 0 amide bonds. The van der Waals surface area contributed by atoms with Crippen LogP contribution in [-0.2, 0) is 6.42 Å². The van der Waals surface area contributed by atoms with E-state index in [9.17, 15) is 13.2 Å². The van der Waals surface area contributed by atoms with Crippen LogP contribution in [0.1, 0.15) is 5.56 Å². The summed E-state index contributed by atoms with van der Waals surface area (Å²) in [5, 5.41) is 0.569. The number of alkyl halides is 3. The summed E-state index contributed by atoms with van der Waals surface area (Å²) in [6, 6.07) is 10.8.